The average molecular weight is 458 g/mol. The summed E-state index contributed by atoms with van der Waals surface area (Å²) in [5, 5.41) is 17.5. The summed E-state index contributed by atoms with van der Waals surface area (Å²) < 4.78 is 6.31. The second kappa shape index (κ2) is 8.42. The first-order chi connectivity index (χ1) is 15.4. The highest BCUT2D eigenvalue weighted by molar-refractivity contribution is 6.32. The third-order valence-electron chi connectivity index (χ3n) is 6.48. The molecule has 2 saturated heterocycles. The summed E-state index contributed by atoms with van der Waals surface area (Å²) in [5.74, 6) is 1.27. The number of carbonyl (C=O) groups excluding carboxylic acids is 1. The number of ether oxygens (including phenoxy) is 1. The van der Waals surface area contributed by atoms with Gasteiger partial charge in [-0.25, -0.2) is 4.99 Å². The van der Waals surface area contributed by atoms with Crippen molar-refractivity contribution in [1.29, 1.82) is 0 Å². The lowest BCUT2D eigenvalue weighted by Crippen LogP contribution is -2.47. The molecule has 2 unspecified atom stereocenters. The Bertz CT molecular complexity index is 1040. The van der Waals surface area contributed by atoms with Gasteiger partial charge >= 0.3 is 0 Å². The number of amides is 1. The van der Waals surface area contributed by atoms with Crippen LogP contribution in [0.4, 0.5) is 5.69 Å². The van der Waals surface area contributed by atoms with Gasteiger partial charge in [0.2, 0.25) is 12.3 Å². The predicted molar refractivity (Wildman–Crippen MR) is 124 cm³/mol. The van der Waals surface area contributed by atoms with E-state index in [0.29, 0.717) is 30.1 Å². The number of benzene rings is 1. The molecule has 4 aliphatic rings. The Balaban J connectivity index is 1.50. The standard InChI is InChI=1S/C23H28ClN5O3/c1-13-5-6-16(24)20(31)19(13)29-11-9-15(17-7-8-18(30)26-17)21-22(29)27-23(32-21)25-14-4-3-10-28(2)12-14/h5-6,9,11,14,17,23,25,31H,3-4,7-8,10,12H2,1-2H3,(H,26,30)/t14-,17?,23?/m1/s1. The van der Waals surface area contributed by atoms with Gasteiger partial charge in [-0.2, -0.15) is 0 Å². The highest BCUT2D eigenvalue weighted by atomic mass is 35.5. The Morgan fingerprint density at radius 1 is 1.34 bits per heavy atom. The number of hydrogen-bond acceptors (Lipinski definition) is 7. The van der Waals surface area contributed by atoms with E-state index < -0.39 is 6.35 Å². The Morgan fingerprint density at radius 2 is 2.19 bits per heavy atom. The molecule has 8 nitrogen and oxygen atoms in total. The summed E-state index contributed by atoms with van der Waals surface area (Å²) in [5.41, 5.74) is 2.33. The van der Waals surface area contributed by atoms with Gasteiger partial charge in [0.1, 0.15) is 0 Å². The molecule has 3 atom stereocenters. The van der Waals surface area contributed by atoms with Crippen molar-refractivity contribution in [2.24, 2.45) is 4.99 Å². The summed E-state index contributed by atoms with van der Waals surface area (Å²) in [6.45, 7) is 3.95. The molecule has 170 valence electrons. The molecule has 0 saturated carbocycles. The number of nitrogens with one attached hydrogen (secondary N) is 2. The van der Waals surface area contributed by atoms with Crippen LogP contribution in [0.15, 0.2) is 40.7 Å². The molecule has 32 heavy (non-hydrogen) atoms. The molecule has 9 heteroatoms. The van der Waals surface area contributed by atoms with Gasteiger partial charge in [-0.05, 0) is 57.5 Å². The first kappa shape index (κ1) is 21.3. The molecular formula is C23H28ClN5O3. The Hall–Kier alpha value is -2.55. The van der Waals surface area contributed by atoms with E-state index in [1.165, 1.54) is 0 Å². The van der Waals surface area contributed by atoms with Crippen molar-refractivity contribution in [3.63, 3.8) is 0 Å². The molecule has 1 aromatic carbocycles. The lowest BCUT2D eigenvalue weighted by atomic mass is 10.0. The van der Waals surface area contributed by atoms with Crippen LogP contribution in [0.1, 0.15) is 31.2 Å². The number of likely N-dealkylation sites (N-methyl/N-ethyl adjacent to an activating group) is 1. The molecule has 0 radical (unpaired) electrons. The van der Waals surface area contributed by atoms with Gasteiger partial charge in [0.25, 0.3) is 0 Å². The minimum Gasteiger partial charge on any atom is -0.504 e. The first-order valence-electron chi connectivity index (χ1n) is 11.1. The van der Waals surface area contributed by atoms with E-state index in [-0.39, 0.29) is 28.8 Å². The van der Waals surface area contributed by atoms with E-state index in [2.05, 4.69) is 22.6 Å². The fraction of sp³-hybridized carbons (Fsp3) is 0.478. The quantitative estimate of drug-likeness (QED) is 0.644. The number of amidine groups is 1. The molecule has 1 aromatic rings. The van der Waals surface area contributed by atoms with Gasteiger partial charge in [-0.15, -0.1) is 0 Å². The smallest absolute Gasteiger partial charge is 0.249 e. The molecule has 0 aromatic heterocycles. The lowest BCUT2D eigenvalue weighted by molar-refractivity contribution is -0.119. The number of piperidine rings is 1. The maximum Gasteiger partial charge on any atom is 0.249 e. The molecule has 5 rings (SSSR count). The molecule has 2 fully saturated rings. The number of anilines is 1. The fourth-order valence-electron chi connectivity index (χ4n) is 4.87. The van der Waals surface area contributed by atoms with Crippen LogP contribution in [0.2, 0.25) is 5.02 Å². The molecular weight excluding hydrogens is 430 g/mol. The number of nitrogens with zero attached hydrogens (tertiary/aromatic N) is 3. The van der Waals surface area contributed by atoms with E-state index in [4.69, 9.17) is 21.3 Å². The van der Waals surface area contributed by atoms with Crippen LogP contribution in [0.25, 0.3) is 0 Å². The summed E-state index contributed by atoms with van der Waals surface area (Å²) >= 11 is 6.22. The maximum atomic E-state index is 11.9. The van der Waals surface area contributed by atoms with Gasteiger partial charge in [0, 0.05) is 30.8 Å². The van der Waals surface area contributed by atoms with Crippen molar-refractivity contribution in [3.05, 3.63) is 46.3 Å². The molecule has 0 aliphatic carbocycles. The van der Waals surface area contributed by atoms with Crippen molar-refractivity contribution >= 4 is 29.0 Å². The normalized spacial score (nSPS) is 28.0. The van der Waals surface area contributed by atoms with Crippen molar-refractivity contribution in [2.75, 3.05) is 25.0 Å². The van der Waals surface area contributed by atoms with Crippen molar-refractivity contribution < 1.29 is 14.6 Å². The highest BCUT2D eigenvalue weighted by Gasteiger charge is 2.39. The summed E-state index contributed by atoms with van der Waals surface area (Å²) in [7, 11) is 2.12. The number of halogens is 1. The SMILES string of the molecule is Cc1ccc(Cl)c(O)c1N1C=CC(C2CCC(=O)N2)=C2OC(N[C@@H]3CCCN(C)C3)N=C21. The topological polar surface area (TPSA) is 89.4 Å². The van der Waals surface area contributed by atoms with Gasteiger partial charge in [0.15, 0.2) is 17.3 Å². The van der Waals surface area contributed by atoms with E-state index in [1.54, 1.807) is 6.07 Å². The first-order valence-corrected chi connectivity index (χ1v) is 11.5. The third-order valence-corrected chi connectivity index (χ3v) is 6.79. The van der Waals surface area contributed by atoms with Crippen LogP contribution in [0, 0.1) is 6.92 Å². The monoisotopic (exact) mass is 457 g/mol. The van der Waals surface area contributed by atoms with Gasteiger partial charge in [-0.3, -0.25) is 15.0 Å². The minimum absolute atomic E-state index is 0.00120. The Kier molecular flexibility index (Phi) is 5.61. The summed E-state index contributed by atoms with van der Waals surface area (Å²) in [6, 6.07) is 3.71. The zero-order valence-corrected chi connectivity index (χ0v) is 19.0. The van der Waals surface area contributed by atoms with Crippen LogP contribution in [-0.4, -0.2) is 60.3 Å². The number of carbonyl (C=O) groups is 1. The molecule has 4 heterocycles. The Morgan fingerprint density at radius 3 is 2.94 bits per heavy atom. The van der Waals surface area contributed by atoms with Crippen LogP contribution >= 0.6 is 11.6 Å². The molecule has 0 bridgehead atoms. The van der Waals surface area contributed by atoms with E-state index in [0.717, 1.165) is 37.1 Å². The maximum absolute atomic E-state index is 11.9. The zero-order valence-electron chi connectivity index (χ0n) is 18.3. The van der Waals surface area contributed by atoms with E-state index >= 15 is 0 Å². The van der Waals surface area contributed by atoms with Crippen LogP contribution in [-0.2, 0) is 9.53 Å². The number of aryl methyl sites for hydroxylation is 1. The Labute approximate surface area is 192 Å². The second-order valence-corrected chi connectivity index (χ2v) is 9.29. The van der Waals surface area contributed by atoms with Crippen molar-refractivity contribution in [3.8, 4) is 5.75 Å². The lowest BCUT2D eigenvalue weighted by Gasteiger charge is -2.31. The predicted octanol–water partition coefficient (Wildman–Crippen LogP) is 2.62. The van der Waals surface area contributed by atoms with Crippen LogP contribution in [0.3, 0.4) is 0 Å². The number of aliphatic imine (C=N–C) groups is 1. The number of phenols is 1. The molecule has 4 aliphatic heterocycles. The number of fused-ring (bicyclic) bond motifs is 1. The minimum atomic E-state index is -0.535. The summed E-state index contributed by atoms with van der Waals surface area (Å²) in [4.78, 5) is 20.8. The summed E-state index contributed by atoms with van der Waals surface area (Å²) in [6.07, 6.45) is 6.66. The van der Waals surface area contributed by atoms with Crippen molar-refractivity contribution in [1.82, 2.24) is 15.5 Å². The van der Waals surface area contributed by atoms with E-state index in [1.807, 2.05) is 30.2 Å². The molecule has 3 N–H and O–H groups in total. The zero-order chi connectivity index (χ0) is 22.4. The number of aromatic hydroxyl groups is 1. The van der Waals surface area contributed by atoms with Gasteiger partial charge < -0.3 is 20.1 Å². The van der Waals surface area contributed by atoms with Crippen molar-refractivity contribution in [2.45, 2.75) is 51.0 Å². The average Bonchev–Trinajstić information content (AvgIpc) is 3.37. The van der Waals surface area contributed by atoms with Gasteiger partial charge in [-0.1, -0.05) is 17.7 Å². The fourth-order valence-corrected chi connectivity index (χ4v) is 5.02. The van der Waals surface area contributed by atoms with Crippen LogP contribution < -0.4 is 15.5 Å². The highest BCUT2D eigenvalue weighted by Crippen LogP contribution is 2.41. The number of rotatable bonds is 4. The molecule has 1 amide bonds. The number of likely N-dealkylation sites (tertiary alicyclic amines) is 1. The number of phenolic OH excluding ortho intramolecular Hbond substituents is 1. The largest absolute Gasteiger partial charge is 0.504 e. The molecule has 0 spiro atoms. The van der Waals surface area contributed by atoms with Crippen LogP contribution in [0.5, 0.6) is 5.75 Å². The van der Waals surface area contributed by atoms with Gasteiger partial charge in [0.05, 0.1) is 16.8 Å². The number of hydrogen-bond donors (Lipinski definition) is 3. The third kappa shape index (κ3) is 3.87. The second-order valence-electron chi connectivity index (χ2n) is 8.88. The van der Waals surface area contributed by atoms with E-state index in [9.17, 15) is 9.90 Å².